The van der Waals surface area contributed by atoms with Crippen molar-refractivity contribution in [2.75, 3.05) is 33.3 Å². The largest absolute Gasteiger partial charge is 0.377 e. The number of carbonyl (C=O) groups is 1. The second-order valence-electron chi connectivity index (χ2n) is 5.02. The number of ether oxygens (including phenoxy) is 1. The molecule has 1 heterocycles. The summed E-state index contributed by atoms with van der Waals surface area (Å²) < 4.78 is 5.46. The Morgan fingerprint density at radius 2 is 1.82 bits per heavy atom. The fourth-order valence-electron chi connectivity index (χ4n) is 2.02. The molecule has 0 aromatic heterocycles. The molecule has 0 aliphatic carbocycles. The summed E-state index contributed by atoms with van der Waals surface area (Å²) >= 11 is 0. The molecule has 1 saturated heterocycles. The smallest absolute Gasteiger partial charge is 0.319 e. The summed E-state index contributed by atoms with van der Waals surface area (Å²) in [5.74, 6) is 0. The molecule has 4 heteroatoms. The summed E-state index contributed by atoms with van der Waals surface area (Å²) in [6.07, 6.45) is 5.02. The first-order valence-corrected chi connectivity index (χ1v) is 6.73. The van der Waals surface area contributed by atoms with Gasteiger partial charge < -0.3 is 14.5 Å². The van der Waals surface area contributed by atoms with Crippen LogP contribution in [0.15, 0.2) is 0 Å². The van der Waals surface area contributed by atoms with Crippen LogP contribution in [0.1, 0.15) is 39.5 Å². The van der Waals surface area contributed by atoms with Gasteiger partial charge in [-0.2, -0.15) is 0 Å². The van der Waals surface area contributed by atoms with Gasteiger partial charge in [0.25, 0.3) is 0 Å². The van der Waals surface area contributed by atoms with Crippen LogP contribution in [0.2, 0.25) is 0 Å². The van der Waals surface area contributed by atoms with Crippen LogP contribution in [0.4, 0.5) is 4.79 Å². The Hall–Kier alpha value is -0.770. The summed E-state index contributed by atoms with van der Waals surface area (Å²) in [5, 5.41) is 0. The molecule has 0 N–H and O–H groups in total. The van der Waals surface area contributed by atoms with Crippen molar-refractivity contribution in [3.8, 4) is 0 Å². The van der Waals surface area contributed by atoms with Crippen LogP contribution in [0.25, 0.3) is 0 Å². The maximum absolute atomic E-state index is 12.1. The predicted octanol–water partition coefficient (Wildman–Crippen LogP) is 2.34. The quantitative estimate of drug-likeness (QED) is 0.758. The highest BCUT2D eigenvalue weighted by atomic mass is 16.5. The maximum atomic E-state index is 12.1. The van der Waals surface area contributed by atoms with Gasteiger partial charge in [0.15, 0.2) is 0 Å². The van der Waals surface area contributed by atoms with E-state index in [1.807, 2.05) is 25.8 Å². The summed E-state index contributed by atoms with van der Waals surface area (Å²) in [6, 6.07) is 0.152. The summed E-state index contributed by atoms with van der Waals surface area (Å²) in [4.78, 5) is 15.9. The van der Waals surface area contributed by atoms with E-state index >= 15 is 0 Å². The van der Waals surface area contributed by atoms with Crippen molar-refractivity contribution in [1.82, 2.24) is 9.80 Å². The van der Waals surface area contributed by atoms with E-state index in [9.17, 15) is 4.79 Å². The summed E-state index contributed by atoms with van der Waals surface area (Å²) in [6.45, 7) is 7.14. The van der Waals surface area contributed by atoms with E-state index in [0.29, 0.717) is 13.2 Å². The first-order chi connectivity index (χ1) is 8.11. The Morgan fingerprint density at radius 1 is 1.24 bits per heavy atom. The minimum atomic E-state index is 0.152. The lowest BCUT2D eigenvalue weighted by molar-refractivity contribution is 0.0644. The van der Waals surface area contributed by atoms with Gasteiger partial charge in [0.05, 0.1) is 12.7 Å². The zero-order valence-corrected chi connectivity index (χ0v) is 11.4. The average molecular weight is 242 g/mol. The molecular weight excluding hydrogens is 216 g/mol. The van der Waals surface area contributed by atoms with Gasteiger partial charge in [0.2, 0.25) is 0 Å². The third-order valence-corrected chi connectivity index (χ3v) is 3.08. The fraction of sp³-hybridized carbons (Fsp3) is 0.923. The van der Waals surface area contributed by atoms with Crippen LogP contribution >= 0.6 is 0 Å². The molecular formula is C13H26N2O2. The minimum Gasteiger partial charge on any atom is -0.377 e. The lowest BCUT2D eigenvalue weighted by Gasteiger charge is -2.27. The van der Waals surface area contributed by atoms with Crippen LogP contribution in [-0.2, 0) is 4.74 Å². The normalized spacial score (nSPS) is 17.1. The van der Waals surface area contributed by atoms with E-state index in [1.165, 1.54) is 12.8 Å². The second kappa shape index (κ2) is 7.54. The zero-order valence-electron chi connectivity index (χ0n) is 11.4. The van der Waals surface area contributed by atoms with E-state index in [2.05, 4.69) is 0 Å². The van der Waals surface area contributed by atoms with Gasteiger partial charge in [0, 0.05) is 26.7 Å². The van der Waals surface area contributed by atoms with E-state index in [-0.39, 0.29) is 12.1 Å². The monoisotopic (exact) mass is 242 g/mol. The number of carbonyl (C=O) groups excluding carboxylic acids is 1. The van der Waals surface area contributed by atoms with Gasteiger partial charge in [-0.3, -0.25) is 0 Å². The highest BCUT2D eigenvalue weighted by Crippen LogP contribution is 2.11. The zero-order chi connectivity index (χ0) is 12.7. The lowest BCUT2D eigenvalue weighted by atomic mass is 10.2. The molecule has 0 bridgehead atoms. The van der Waals surface area contributed by atoms with Crippen LogP contribution in [-0.4, -0.2) is 55.2 Å². The topological polar surface area (TPSA) is 32.8 Å². The minimum absolute atomic E-state index is 0.152. The van der Waals surface area contributed by atoms with Crippen molar-refractivity contribution in [3.63, 3.8) is 0 Å². The molecule has 0 radical (unpaired) electrons. The molecule has 100 valence electrons. The second-order valence-corrected chi connectivity index (χ2v) is 5.02. The number of rotatable bonds is 4. The van der Waals surface area contributed by atoms with Gasteiger partial charge >= 0.3 is 6.03 Å². The summed E-state index contributed by atoms with van der Waals surface area (Å²) in [7, 11) is 1.86. The molecule has 0 unspecified atom stereocenters. The third-order valence-electron chi connectivity index (χ3n) is 3.08. The first-order valence-electron chi connectivity index (χ1n) is 6.73. The number of hydrogen-bond acceptors (Lipinski definition) is 2. The van der Waals surface area contributed by atoms with Crippen molar-refractivity contribution in [3.05, 3.63) is 0 Å². The molecule has 0 spiro atoms. The van der Waals surface area contributed by atoms with E-state index in [4.69, 9.17) is 4.74 Å². The predicted molar refractivity (Wildman–Crippen MR) is 69.2 cm³/mol. The number of nitrogens with zero attached hydrogens (tertiary/aromatic N) is 2. The van der Waals surface area contributed by atoms with Crippen molar-refractivity contribution in [1.29, 1.82) is 0 Å². The molecule has 0 aromatic carbocycles. The van der Waals surface area contributed by atoms with Gasteiger partial charge in [-0.15, -0.1) is 0 Å². The molecule has 1 aliphatic rings. The Bertz CT molecular complexity index is 223. The van der Waals surface area contributed by atoms with Gasteiger partial charge in [0.1, 0.15) is 0 Å². The molecule has 1 fully saturated rings. The van der Waals surface area contributed by atoms with Crippen molar-refractivity contribution < 1.29 is 9.53 Å². The molecule has 4 nitrogen and oxygen atoms in total. The van der Waals surface area contributed by atoms with Crippen LogP contribution < -0.4 is 0 Å². The number of hydrogen-bond donors (Lipinski definition) is 0. The SMILES string of the molecule is CC(C)OCCN(C)C(=O)N1CCCCCC1. The van der Waals surface area contributed by atoms with E-state index < -0.39 is 0 Å². The van der Waals surface area contributed by atoms with Gasteiger partial charge in [-0.05, 0) is 26.7 Å². The lowest BCUT2D eigenvalue weighted by Crippen LogP contribution is -2.43. The summed E-state index contributed by atoms with van der Waals surface area (Å²) in [5.41, 5.74) is 0. The van der Waals surface area contributed by atoms with Crippen LogP contribution in [0, 0.1) is 0 Å². The Kier molecular flexibility index (Phi) is 6.34. The highest BCUT2D eigenvalue weighted by Gasteiger charge is 2.18. The number of likely N-dealkylation sites (N-methyl/N-ethyl adjacent to an activating group) is 1. The van der Waals surface area contributed by atoms with E-state index in [1.54, 1.807) is 4.90 Å². The molecule has 2 amide bonds. The number of likely N-dealkylation sites (tertiary alicyclic amines) is 1. The van der Waals surface area contributed by atoms with Crippen LogP contribution in [0.3, 0.4) is 0 Å². The molecule has 17 heavy (non-hydrogen) atoms. The number of amides is 2. The average Bonchev–Trinajstić information content (AvgIpc) is 2.55. The Balaban J connectivity index is 2.29. The van der Waals surface area contributed by atoms with Crippen molar-refractivity contribution in [2.24, 2.45) is 0 Å². The molecule has 0 aromatic rings. The number of urea groups is 1. The highest BCUT2D eigenvalue weighted by molar-refractivity contribution is 5.74. The molecule has 1 rings (SSSR count). The Morgan fingerprint density at radius 3 is 2.35 bits per heavy atom. The van der Waals surface area contributed by atoms with Crippen molar-refractivity contribution in [2.45, 2.75) is 45.6 Å². The van der Waals surface area contributed by atoms with Crippen molar-refractivity contribution >= 4 is 6.03 Å². The first kappa shape index (κ1) is 14.3. The fourth-order valence-corrected chi connectivity index (χ4v) is 2.02. The van der Waals surface area contributed by atoms with Gasteiger partial charge in [-0.1, -0.05) is 12.8 Å². The van der Waals surface area contributed by atoms with E-state index in [0.717, 1.165) is 25.9 Å². The molecule has 1 aliphatic heterocycles. The van der Waals surface area contributed by atoms with Gasteiger partial charge in [-0.25, -0.2) is 4.79 Å². The third kappa shape index (κ3) is 5.39. The maximum Gasteiger partial charge on any atom is 0.319 e. The standard InChI is InChI=1S/C13H26N2O2/c1-12(2)17-11-10-14(3)13(16)15-8-6-4-5-7-9-15/h12H,4-11H2,1-3H3. The molecule has 0 saturated carbocycles. The van der Waals surface area contributed by atoms with Crippen LogP contribution in [0.5, 0.6) is 0 Å². The Labute approximate surface area is 105 Å². The molecule has 0 atom stereocenters.